The normalized spacial score (nSPS) is 11.5. The number of carbonyl (C=O) groups excluding carboxylic acids is 1. The molecule has 26 heavy (non-hydrogen) atoms. The third-order valence-corrected chi connectivity index (χ3v) is 3.80. The second-order valence-electron chi connectivity index (χ2n) is 5.61. The quantitative estimate of drug-likeness (QED) is 0.771. The molecule has 2 aromatic rings. The van der Waals surface area contributed by atoms with Crippen LogP contribution in [-0.4, -0.2) is 37.6 Å². The Balaban J connectivity index is 1.84. The number of halogens is 4. The molecule has 1 N–H and O–H groups in total. The van der Waals surface area contributed by atoms with Gasteiger partial charge in [-0.15, -0.1) is 0 Å². The summed E-state index contributed by atoms with van der Waals surface area (Å²) in [6.45, 7) is 0.615. The molecule has 0 heterocycles. The minimum atomic E-state index is -4.53. The zero-order chi connectivity index (χ0) is 19.2. The van der Waals surface area contributed by atoms with E-state index in [0.29, 0.717) is 17.3 Å². The molecule has 0 aliphatic rings. The van der Waals surface area contributed by atoms with Crippen LogP contribution >= 0.6 is 11.6 Å². The van der Waals surface area contributed by atoms with Gasteiger partial charge in [-0.3, -0.25) is 9.69 Å². The van der Waals surface area contributed by atoms with Gasteiger partial charge in [-0.05, 0) is 31.3 Å². The summed E-state index contributed by atoms with van der Waals surface area (Å²) in [6, 6.07) is 11.9. The fourth-order valence-corrected chi connectivity index (χ4v) is 2.42. The predicted molar refractivity (Wildman–Crippen MR) is 94.5 cm³/mol. The smallest absolute Gasteiger partial charge is 0.418 e. The van der Waals surface area contributed by atoms with Gasteiger partial charge in [-0.25, -0.2) is 0 Å². The number of rotatable bonds is 7. The summed E-state index contributed by atoms with van der Waals surface area (Å²) in [6.07, 6.45) is -4.53. The Morgan fingerprint density at radius 2 is 1.81 bits per heavy atom. The van der Waals surface area contributed by atoms with E-state index in [0.717, 1.165) is 6.07 Å². The molecule has 0 saturated heterocycles. The summed E-state index contributed by atoms with van der Waals surface area (Å²) >= 11 is 5.97. The van der Waals surface area contributed by atoms with E-state index in [2.05, 4.69) is 5.32 Å². The van der Waals surface area contributed by atoms with Crippen LogP contribution in [0.5, 0.6) is 5.75 Å². The van der Waals surface area contributed by atoms with Crippen molar-refractivity contribution in [1.29, 1.82) is 0 Å². The first-order chi connectivity index (χ1) is 12.3. The van der Waals surface area contributed by atoms with E-state index in [-0.39, 0.29) is 18.8 Å². The third kappa shape index (κ3) is 5.93. The van der Waals surface area contributed by atoms with Gasteiger partial charge in [0, 0.05) is 6.54 Å². The van der Waals surface area contributed by atoms with E-state index in [9.17, 15) is 18.0 Å². The van der Waals surface area contributed by atoms with Gasteiger partial charge < -0.3 is 10.1 Å². The molecule has 0 saturated carbocycles. The third-order valence-electron chi connectivity index (χ3n) is 3.49. The minimum absolute atomic E-state index is 0.0714. The Kier molecular flexibility index (Phi) is 6.88. The number of carbonyl (C=O) groups is 1. The molecule has 0 spiro atoms. The second-order valence-corrected chi connectivity index (χ2v) is 6.02. The summed E-state index contributed by atoms with van der Waals surface area (Å²) < 4.78 is 44.3. The number of hydrogen-bond acceptors (Lipinski definition) is 3. The number of benzene rings is 2. The van der Waals surface area contributed by atoms with E-state index in [4.69, 9.17) is 16.3 Å². The lowest BCUT2D eigenvalue weighted by molar-refractivity contribution is -0.137. The molecule has 0 aliphatic carbocycles. The highest BCUT2D eigenvalue weighted by atomic mass is 35.5. The lowest BCUT2D eigenvalue weighted by Crippen LogP contribution is -2.33. The first-order valence-corrected chi connectivity index (χ1v) is 8.17. The summed E-state index contributed by atoms with van der Waals surface area (Å²) in [5, 5.41) is 2.79. The van der Waals surface area contributed by atoms with Crippen LogP contribution in [0.15, 0.2) is 48.5 Å². The van der Waals surface area contributed by atoms with Crippen molar-refractivity contribution >= 4 is 23.2 Å². The van der Waals surface area contributed by atoms with E-state index >= 15 is 0 Å². The van der Waals surface area contributed by atoms with E-state index < -0.39 is 17.6 Å². The topological polar surface area (TPSA) is 41.6 Å². The van der Waals surface area contributed by atoms with Crippen molar-refractivity contribution in [2.75, 3.05) is 32.1 Å². The van der Waals surface area contributed by atoms with Crippen LogP contribution in [0.1, 0.15) is 5.56 Å². The van der Waals surface area contributed by atoms with Crippen molar-refractivity contribution < 1.29 is 22.7 Å². The molecule has 8 heteroatoms. The Morgan fingerprint density at radius 3 is 2.50 bits per heavy atom. The molecular weight excluding hydrogens is 369 g/mol. The van der Waals surface area contributed by atoms with Crippen LogP contribution in [0.4, 0.5) is 18.9 Å². The van der Waals surface area contributed by atoms with Crippen molar-refractivity contribution in [2.45, 2.75) is 6.18 Å². The average molecular weight is 387 g/mol. The first kappa shape index (κ1) is 20.1. The molecule has 1 amide bonds. The van der Waals surface area contributed by atoms with Gasteiger partial charge >= 0.3 is 6.18 Å². The fraction of sp³-hybridized carbons (Fsp3) is 0.278. The van der Waals surface area contributed by atoms with Gasteiger partial charge in [-0.2, -0.15) is 13.2 Å². The lowest BCUT2D eigenvalue weighted by Gasteiger charge is -2.18. The largest absolute Gasteiger partial charge is 0.491 e. The highest BCUT2D eigenvalue weighted by Crippen LogP contribution is 2.34. The van der Waals surface area contributed by atoms with E-state index in [1.807, 2.05) is 0 Å². The Morgan fingerprint density at radius 1 is 1.15 bits per heavy atom. The van der Waals surface area contributed by atoms with Gasteiger partial charge in [0.2, 0.25) is 5.91 Å². The molecule has 140 valence electrons. The summed E-state index contributed by atoms with van der Waals surface area (Å²) in [4.78, 5) is 13.6. The first-order valence-electron chi connectivity index (χ1n) is 7.79. The molecule has 4 nitrogen and oxygen atoms in total. The standard InChI is InChI=1S/C18H18ClF3N2O2/c1-24(10-11-26-16-9-5-3-7-14(16)19)12-17(25)23-15-8-4-2-6-13(15)18(20,21)22/h2-9H,10-12H2,1H3,(H,23,25). The molecule has 0 unspecified atom stereocenters. The predicted octanol–water partition coefficient (Wildman–Crippen LogP) is 4.31. The number of alkyl halides is 3. The van der Waals surface area contributed by atoms with Crippen LogP contribution in [0, 0.1) is 0 Å². The Labute approximate surface area is 154 Å². The SMILES string of the molecule is CN(CCOc1ccccc1Cl)CC(=O)Nc1ccccc1C(F)(F)F. The maximum atomic E-state index is 12.9. The lowest BCUT2D eigenvalue weighted by atomic mass is 10.1. The minimum Gasteiger partial charge on any atom is -0.491 e. The van der Waals surface area contributed by atoms with Crippen molar-refractivity contribution in [3.8, 4) is 5.75 Å². The number of amides is 1. The van der Waals surface area contributed by atoms with Gasteiger partial charge in [0.15, 0.2) is 0 Å². The maximum Gasteiger partial charge on any atom is 0.418 e. The zero-order valence-electron chi connectivity index (χ0n) is 14.0. The van der Waals surface area contributed by atoms with E-state index in [1.165, 1.54) is 18.2 Å². The average Bonchev–Trinajstić information content (AvgIpc) is 2.56. The maximum absolute atomic E-state index is 12.9. The van der Waals surface area contributed by atoms with Gasteiger partial charge in [-0.1, -0.05) is 35.9 Å². The van der Waals surface area contributed by atoms with Crippen molar-refractivity contribution in [2.24, 2.45) is 0 Å². The summed E-state index contributed by atoms with van der Waals surface area (Å²) in [5.41, 5.74) is -1.14. The van der Waals surface area contributed by atoms with E-state index in [1.54, 1.807) is 36.2 Å². The van der Waals surface area contributed by atoms with Crippen LogP contribution in [0.3, 0.4) is 0 Å². The molecule has 0 fully saturated rings. The number of hydrogen-bond donors (Lipinski definition) is 1. The number of nitrogens with zero attached hydrogens (tertiary/aromatic N) is 1. The molecule has 0 aliphatic heterocycles. The fourth-order valence-electron chi connectivity index (χ4n) is 2.23. The van der Waals surface area contributed by atoms with Crippen molar-refractivity contribution in [1.82, 2.24) is 4.90 Å². The molecule has 0 atom stereocenters. The molecule has 2 rings (SSSR count). The number of anilines is 1. The van der Waals surface area contributed by atoms with Gasteiger partial charge in [0.1, 0.15) is 12.4 Å². The summed E-state index contributed by atoms with van der Waals surface area (Å²) in [5.74, 6) is -0.00642. The van der Waals surface area contributed by atoms with Crippen LogP contribution < -0.4 is 10.1 Å². The number of likely N-dealkylation sites (N-methyl/N-ethyl adjacent to an activating group) is 1. The van der Waals surface area contributed by atoms with Crippen molar-refractivity contribution in [3.05, 3.63) is 59.1 Å². The monoisotopic (exact) mass is 386 g/mol. The van der Waals surface area contributed by atoms with Crippen LogP contribution in [-0.2, 0) is 11.0 Å². The number of nitrogens with one attached hydrogen (secondary N) is 1. The van der Waals surface area contributed by atoms with Gasteiger partial charge in [0.25, 0.3) is 0 Å². The Bertz CT molecular complexity index is 753. The van der Waals surface area contributed by atoms with Crippen LogP contribution in [0.2, 0.25) is 5.02 Å². The Hall–Kier alpha value is -2.25. The zero-order valence-corrected chi connectivity index (χ0v) is 14.8. The molecule has 0 radical (unpaired) electrons. The molecule has 0 bridgehead atoms. The highest BCUT2D eigenvalue weighted by Gasteiger charge is 2.33. The van der Waals surface area contributed by atoms with Crippen molar-refractivity contribution in [3.63, 3.8) is 0 Å². The number of ether oxygens (including phenoxy) is 1. The number of para-hydroxylation sites is 2. The molecule has 0 aromatic heterocycles. The second kappa shape index (κ2) is 8.91. The molecular formula is C18H18ClF3N2O2. The summed E-state index contributed by atoms with van der Waals surface area (Å²) in [7, 11) is 1.67. The highest BCUT2D eigenvalue weighted by molar-refractivity contribution is 6.32. The van der Waals surface area contributed by atoms with Crippen LogP contribution in [0.25, 0.3) is 0 Å². The molecule has 2 aromatic carbocycles. The van der Waals surface area contributed by atoms with Gasteiger partial charge in [0.05, 0.1) is 22.8 Å².